The van der Waals surface area contributed by atoms with Crippen molar-refractivity contribution in [2.24, 2.45) is 5.92 Å². The molecule has 0 aromatic heterocycles. The summed E-state index contributed by atoms with van der Waals surface area (Å²) in [6.07, 6.45) is -0.590. The molecule has 3 aromatic carbocycles. The molecule has 0 aliphatic carbocycles. The molecule has 0 radical (unpaired) electrons. The highest BCUT2D eigenvalue weighted by Crippen LogP contribution is 2.33. The third-order valence-electron chi connectivity index (χ3n) is 8.52. The maximum absolute atomic E-state index is 13.2. The molecule has 2 amide bonds. The van der Waals surface area contributed by atoms with Gasteiger partial charge in [0.15, 0.2) is 12.9 Å². The first-order valence-electron chi connectivity index (χ1n) is 15.5. The molecule has 0 bridgehead atoms. The van der Waals surface area contributed by atoms with Gasteiger partial charge in [0.05, 0.1) is 31.3 Å². The zero-order chi connectivity index (χ0) is 31.8. The van der Waals surface area contributed by atoms with Crippen LogP contribution in [-0.4, -0.2) is 67.5 Å². The molecule has 2 heterocycles. The Morgan fingerprint density at radius 3 is 2.36 bits per heavy atom. The third-order valence-corrected chi connectivity index (χ3v) is 8.52. The number of ether oxygens (including phenoxy) is 4. The summed E-state index contributed by atoms with van der Waals surface area (Å²) in [6, 6.07) is 21.9. The minimum absolute atomic E-state index is 0.000771. The molecule has 3 aromatic rings. The summed E-state index contributed by atoms with van der Waals surface area (Å²) in [5.74, 6) is 0.255. The Kier molecular flexibility index (Phi) is 10.9. The lowest BCUT2D eigenvalue weighted by Gasteiger charge is -2.29. The molecule has 2 aliphatic rings. The monoisotopic (exact) mass is 617 g/mol. The van der Waals surface area contributed by atoms with Crippen molar-refractivity contribution >= 4 is 17.7 Å². The van der Waals surface area contributed by atoms with Crippen molar-refractivity contribution in [1.82, 2.24) is 10.6 Å². The lowest BCUT2D eigenvalue weighted by Crippen LogP contribution is -2.50. The van der Waals surface area contributed by atoms with E-state index < -0.39 is 30.4 Å². The van der Waals surface area contributed by atoms with Gasteiger partial charge in [-0.2, -0.15) is 0 Å². The van der Waals surface area contributed by atoms with Crippen LogP contribution in [0.1, 0.15) is 35.1 Å². The van der Waals surface area contributed by atoms with E-state index >= 15 is 0 Å². The van der Waals surface area contributed by atoms with Crippen molar-refractivity contribution in [3.8, 4) is 5.75 Å². The molecule has 45 heavy (non-hydrogen) atoms. The van der Waals surface area contributed by atoms with Crippen LogP contribution in [0.3, 0.4) is 0 Å². The zero-order valence-corrected chi connectivity index (χ0v) is 25.8. The number of rotatable bonds is 13. The summed E-state index contributed by atoms with van der Waals surface area (Å²) < 4.78 is 22.8. The summed E-state index contributed by atoms with van der Waals surface area (Å²) >= 11 is 0. The van der Waals surface area contributed by atoms with E-state index in [1.54, 1.807) is 0 Å². The molecule has 10 heteroatoms. The van der Waals surface area contributed by atoms with Crippen LogP contribution in [0, 0.1) is 19.8 Å². The van der Waals surface area contributed by atoms with Crippen molar-refractivity contribution < 1.29 is 33.6 Å². The highest BCUT2D eigenvalue weighted by molar-refractivity contribution is 5.78. The molecule has 0 saturated carbocycles. The molecule has 0 spiro atoms. The fraction of sp³-hybridized carbons (Fsp3) is 0.429. The normalized spacial score (nSPS) is 20.9. The fourth-order valence-corrected chi connectivity index (χ4v) is 6.04. The van der Waals surface area contributed by atoms with Gasteiger partial charge in [0.2, 0.25) is 0 Å². The SMILES string of the molecule is Cc1ccc(N)c(C)c1OCC(=O)N[C@@H](Cc1ccccc1)C[C@H](O)[C@H](Cc1ccccc1)NC(=O)OC1COC2OCCC12. The van der Waals surface area contributed by atoms with Gasteiger partial charge >= 0.3 is 6.09 Å². The van der Waals surface area contributed by atoms with Gasteiger partial charge < -0.3 is 40.4 Å². The standard InChI is InChI=1S/C35H43N3O7/c1-22-13-14-28(36)23(2)33(22)43-21-32(40)37-26(17-24-9-5-3-6-10-24)19-30(39)29(18-25-11-7-4-8-12-25)38-35(41)45-31-20-44-34-27(31)15-16-42-34/h3-14,26-27,29-31,34,39H,15-21,36H2,1-2H3,(H,37,40)(H,38,41)/t26-,27?,29-,30-,31?,34?/m0/s1. The number of nitrogen functional groups attached to an aromatic ring is 1. The number of nitrogens with two attached hydrogens (primary N) is 1. The van der Waals surface area contributed by atoms with E-state index in [2.05, 4.69) is 10.6 Å². The molecule has 10 nitrogen and oxygen atoms in total. The number of hydrogen-bond acceptors (Lipinski definition) is 8. The van der Waals surface area contributed by atoms with Gasteiger partial charge in [-0.05, 0) is 62.3 Å². The first kappa shape index (κ1) is 32.3. The third kappa shape index (κ3) is 8.75. The number of anilines is 1. The van der Waals surface area contributed by atoms with E-state index in [1.165, 1.54) is 0 Å². The predicted octanol–water partition coefficient (Wildman–Crippen LogP) is 3.84. The summed E-state index contributed by atoms with van der Waals surface area (Å²) in [4.78, 5) is 26.3. The number of aliphatic hydroxyl groups excluding tert-OH is 1. The van der Waals surface area contributed by atoms with Gasteiger partial charge in [-0.25, -0.2) is 4.79 Å². The van der Waals surface area contributed by atoms with Crippen LogP contribution in [0.4, 0.5) is 10.5 Å². The van der Waals surface area contributed by atoms with Gasteiger partial charge in [0.1, 0.15) is 11.9 Å². The van der Waals surface area contributed by atoms with Crippen molar-refractivity contribution in [2.45, 2.75) is 70.1 Å². The lowest BCUT2D eigenvalue weighted by atomic mass is 9.93. The van der Waals surface area contributed by atoms with Crippen LogP contribution in [0.25, 0.3) is 0 Å². The van der Waals surface area contributed by atoms with Gasteiger partial charge in [-0.1, -0.05) is 66.7 Å². The van der Waals surface area contributed by atoms with Crippen molar-refractivity contribution in [3.63, 3.8) is 0 Å². The Morgan fingerprint density at radius 2 is 1.64 bits per heavy atom. The number of alkyl carbamates (subject to hydrolysis) is 1. The van der Waals surface area contributed by atoms with E-state index in [4.69, 9.17) is 24.7 Å². The summed E-state index contributed by atoms with van der Waals surface area (Å²) in [5, 5.41) is 17.5. The summed E-state index contributed by atoms with van der Waals surface area (Å²) in [6.45, 7) is 4.40. The number of hydrogen-bond donors (Lipinski definition) is 4. The van der Waals surface area contributed by atoms with Crippen LogP contribution < -0.4 is 21.1 Å². The minimum atomic E-state index is -1.01. The number of aryl methyl sites for hydroxylation is 1. The lowest BCUT2D eigenvalue weighted by molar-refractivity contribution is -0.124. The Bertz CT molecular complexity index is 1420. The van der Waals surface area contributed by atoms with Crippen LogP contribution in [0.5, 0.6) is 5.75 Å². The van der Waals surface area contributed by atoms with Crippen LogP contribution in [-0.2, 0) is 31.8 Å². The summed E-state index contributed by atoms with van der Waals surface area (Å²) in [7, 11) is 0. The van der Waals surface area contributed by atoms with E-state index in [1.807, 2.05) is 86.6 Å². The van der Waals surface area contributed by atoms with Gasteiger partial charge in [-0.15, -0.1) is 0 Å². The number of fused-ring (bicyclic) bond motifs is 1. The molecular weight excluding hydrogens is 574 g/mol. The minimum Gasteiger partial charge on any atom is -0.483 e. The largest absolute Gasteiger partial charge is 0.483 e. The number of aliphatic hydroxyl groups is 1. The topological polar surface area (TPSA) is 141 Å². The highest BCUT2D eigenvalue weighted by atomic mass is 16.7. The average Bonchev–Trinajstić information content (AvgIpc) is 3.65. The van der Waals surface area contributed by atoms with Gasteiger partial charge in [0.25, 0.3) is 5.91 Å². The van der Waals surface area contributed by atoms with Crippen molar-refractivity contribution in [2.75, 3.05) is 25.6 Å². The van der Waals surface area contributed by atoms with Crippen LogP contribution in [0.15, 0.2) is 72.8 Å². The van der Waals surface area contributed by atoms with E-state index in [9.17, 15) is 14.7 Å². The fourth-order valence-electron chi connectivity index (χ4n) is 6.04. The number of nitrogens with one attached hydrogen (secondary N) is 2. The molecule has 240 valence electrons. The number of carbonyl (C=O) groups is 2. The number of amides is 2. The number of benzene rings is 3. The smallest absolute Gasteiger partial charge is 0.407 e. The van der Waals surface area contributed by atoms with Gasteiger partial charge in [0, 0.05) is 17.3 Å². The highest BCUT2D eigenvalue weighted by Gasteiger charge is 2.44. The Hall–Kier alpha value is -4.12. The summed E-state index contributed by atoms with van der Waals surface area (Å²) in [5.41, 5.74) is 10.2. The first-order chi connectivity index (χ1) is 21.8. The molecule has 5 N–H and O–H groups in total. The molecule has 5 rings (SSSR count). The number of carbonyl (C=O) groups excluding carboxylic acids is 2. The second kappa shape index (κ2) is 15.2. The van der Waals surface area contributed by atoms with Crippen LogP contribution in [0.2, 0.25) is 0 Å². The Labute approximate surface area is 264 Å². The second-order valence-electron chi connectivity index (χ2n) is 11.9. The Balaban J connectivity index is 1.27. The van der Waals surface area contributed by atoms with E-state index in [-0.39, 0.29) is 37.7 Å². The second-order valence-corrected chi connectivity index (χ2v) is 11.9. The molecule has 2 fully saturated rings. The van der Waals surface area contributed by atoms with E-state index in [0.29, 0.717) is 30.9 Å². The molecule has 3 unspecified atom stereocenters. The maximum atomic E-state index is 13.2. The average molecular weight is 618 g/mol. The Morgan fingerprint density at radius 1 is 0.956 bits per heavy atom. The molecule has 6 atom stereocenters. The van der Waals surface area contributed by atoms with Crippen molar-refractivity contribution in [1.29, 1.82) is 0 Å². The maximum Gasteiger partial charge on any atom is 0.407 e. The molecule has 2 saturated heterocycles. The zero-order valence-electron chi connectivity index (χ0n) is 25.8. The van der Waals surface area contributed by atoms with Gasteiger partial charge in [-0.3, -0.25) is 4.79 Å². The first-order valence-corrected chi connectivity index (χ1v) is 15.5. The molecular formula is C35H43N3O7. The quantitative estimate of drug-likeness (QED) is 0.212. The molecule has 2 aliphatic heterocycles. The predicted molar refractivity (Wildman–Crippen MR) is 170 cm³/mol. The van der Waals surface area contributed by atoms with Crippen LogP contribution >= 0.6 is 0 Å². The van der Waals surface area contributed by atoms with E-state index in [0.717, 1.165) is 28.7 Å². The van der Waals surface area contributed by atoms with Crippen molar-refractivity contribution in [3.05, 3.63) is 95.1 Å².